The predicted molar refractivity (Wildman–Crippen MR) is 117 cm³/mol. The van der Waals surface area contributed by atoms with Crippen LogP contribution in [0.1, 0.15) is 58.3 Å². The van der Waals surface area contributed by atoms with Crippen LogP contribution in [0.2, 0.25) is 0 Å². The Hall–Kier alpha value is -1.33. The van der Waals surface area contributed by atoms with Gasteiger partial charge < -0.3 is 19.9 Å². The fourth-order valence-corrected chi connectivity index (χ4v) is 6.49. The van der Waals surface area contributed by atoms with Gasteiger partial charge in [-0.05, 0) is 71.4 Å². The SMILES string of the molecule is COC1(CCN2C(=O)NC[C@]23CC[C@](C2C=CC=CC2C)(N(C)C)CC3)CCC1. The van der Waals surface area contributed by atoms with Gasteiger partial charge in [-0.2, -0.15) is 0 Å². The molecule has 0 aromatic rings. The summed E-state index contributed by atoms with van der Waals surface area (Å²) in [5.41, 5.74) is 0.165. The number of urea groups is 1. The molecule has 5 nitrogen and oxygen atoms in total. The first kappa shape index (κ1) is 20.9. The van der Waals surface area contributed by atoms with E-state index in [0.29, 0.717) is 11.8 Å². The summed E-state index contributed by atoms with van der Waals surface area (Å²) in [4.78, 5) is 17.4. The van der Waals surface area contributed by atoms with Gasteiger partial charge in [0.1, 0.15) is 0 Å². The number of rotatable bonds is 6. The second-order valence-electron chi connectivity index (χ2n) is 10.2. The Kier molecular flexibility index (Phi) is 5.58. The fourth-order valence-electron chi connectivity index (χ4n) is 6.49. The minimum atomic E-state index is -0.0211. The Morgan fingerprint density at radius 2 is 1.83 bits per heavy atom. The maximum absolute atomic E-state index is 12.8. The van der Waals surface area contributed by atoms with Crippen molar-refractivity contribution in [2.24, 2.45) is 11.8 Å². The van der Waals surface area contributed by atoms with E-state index in [-0.39, 0.29) is 22.7 Å². The third-order valence-electron chi connectivity index (χ3n) is 8.84. The zero-order valence-electron chi connectivity index (χ0n) is 18.7. The van der Waals surface area contributed by atoms with Crippen LogP contribution < -0.4 is 5.32 Å². The number of ether oxygens (including phenoxy) is 1. The van der Waals surface area contributed by atoms with Crippen LogP contribution in [-0.4, -0.2) is 66.8 Å². The molecule has 4 rings (SSSR count). The molecular weight excluding hydrogens is 362 g/mol. The quantitative estimate of drug-likeness (QED) is 0.733. The van der Waals surface area contributed by atoms with Crippen LogP contribution in [0, 0.1) is 11.8 Å². The van der Waals surface area contributed by atoms with Crippen molar-refractivity contribution in [2.75, 3.05) is 34.3 Å². The molecule has 2 atom stereocenters. The number of carbonyl (C=O) groups excluding carboxylic acids is 1. The van der Waals surface area contributed by atoms with E-state index < -0.39 is 0 Å². The Morgan fingerprint density at radius 1 is 1.14 bits per heavy atom. The smallest absolute Gasteiger partial charge is 0.318 e. The van der Waals surface area contributed by atoms with Gasteiger partial charge in [0, 0.05) is 31.7 Å². The van der Waals surface area contributed by atoms with Crippen LogP contribution in [0.25, 0.3) is 0 Å². The van der Waals surface area contributed by atoms with E-state index in [1.807, 2.05) is 7.11 Å². The second kappa shape index (κ2) is 7.73. The number of nitrogens with zero attached hydrogens (tertiary/aromatic N) is 2. The molecule has 1 saturated heterocycles. The van der Waals surface area contributed by atoms with Gasteiger partial charge in [0.2, 0.25) is 0 Å². The van der Waals surface area contributed by atoms with Crippen molar-refractivity contribution in [3.63, 3.8) is 0 Å². The highest BCUT2D eigenvalue weighted by atomic mass is 16.5. The van der Waals surface area contributed by atoms with Crippen LogP contribution in [-0.2, 0) is 4.74 Å². The molecule has 0 radical (unpaired) electrons. The number of nitrogens with one attached hydrogen (secondary N) is 1. The van der Waals surface area contributed by atoms with E-state index in [2.05, 4.69) is 60.4 Å². The first-order valence-electron chi connectivity index (χ1n) is 11.5. The summed E-state index contributed by atoms with van der Waals surface area (Å²) >= 11 is 0. The van der Waals surface area contributed by atoms with E-state index in [1.54, 1.807) is 0 Å². The van der Waals surface area contributed by atoms with Gasteiger partial charge in [0.05, 0.1) is 11.1 Å². The normalized spacial score (nSPS) is 38.5. The lowest BCUT2D eigenvalue weighted by atomic mass is 9.62. The molecule has 1 N–H and O–H groups in total. The summed E-state index contributed by atoms with van der Waals surface area (Å²) in [7, 11) is 6.32. The second-order valence-corrected chi connectivity index (χ2v) is 10.2. The van der Waals surface area contributed by atoms with Gasteiger partial charge in [0.15, 0.2) is 0 Å². The first-order chi connectivity index (χ1) is 13.9. The molecule has 5 heteroatoms. The molecule has 3 aliphatic carbocycles. The van der Waals surface area contributed by atoms with E-state index in [9.17, 15) is 4.79 Å². The maximum atomic E-state index is 12.8. The number of hydrogen-bond acceptors (Lipinski definition) is 3. The molecule has 29 heavy (non-hydrogen) atoms. The lowest BCUT2D eigenvalue weighted by Crippen LogP contribution is -2.60. The summed E-state index contributed by atoms with van der Waals surface area (Å²) in [6.07, 6.45) is 18.1. The van der Waals surface area contributed by atoms with Crippen molar-refractivity contribution in [1.82, 2.24) is 15.1 Å². The van der Waals surface area contributed by atoms with Gasteiger partial charge in [0.25, 0.3) is 0 Å². The molecule has 1 spiro atoms. The average Bonchev–Trinajstić information content (AvgIpc) is 2.98. The highest BCUT2D eigenvalue weighted by Gasteiger charge is 2.54. The monoisotopic (exact) mass is 401 g/mol. The van der Waals surface area contributed by atoms with Crippen molar-refractivity contribution in [3.8, 4) is 0 Å². The van der Waals surface area contributed by atoms with E-state index in [1.165, 1.54) is 6.42 Å². The van der Waals surface area contributed by atoms with Crippen LogP contribution in [0.3, 0.4) is 0 Å². The number of methoxy groups -OCH3 is 1. The topological polar surface area (TPSA) is 44.8 Å². The molecule has 1 aliphatic heterocycles. The molecule has 0 aromatic heterocycles. The third kappa shape index (κ3) is 3.44. The van der Waals surface area contributed by atoms with Crippen LogP contribution in [0.4, 0.5) is 4.79 Å². The molecular formula is C24H39N3O2. The van der Waals surface area contributed by atoms with Gasteiger partial charge >= 0.3 is 6.03 Å². The Labute approximate surface area is 176 Å². The summed E-state index contributed by atoms with van der Waals surface area (Å²) in [5.74, 6) is 1.08. The fraction of sp³-hybridized carbons (Fsp3) is 0.792. The van der Waals surface area contributed by atoms with Gasteiger partial charge in [-0.25, -0.2) is 4.79 Å². The lowest BCUT2D eigenvalue weighted by Gasteiger charge is -2.55. The summed E-state index contributed by atoms with van der Waals surface area (Å²) in [6, 6.07) is 0.127. The molecule has 3 fully saturated rings. The summed E-state index contributed by atoms with van der Waals surface area (Å²) in [6.45, 7) is 3.96. The number of carbonyl (C=O) groups is 1. The minimum absolute atomic E-state index is 0.0147. The summed E-state index contributed by atoms with van der Waals surface area (Å²) in [5, 5.41) is 3.17. The van der Waals surface area contributed by atoms with Crippen LogP contribution in [0.5, 0.6) is 0 Å². The van der Waals surface area contributed by atoms with Crippen molar-refractivity contribution >= 4 is 6.03 Å². The third-order valence-corrected chi connectivity index (χ3v) is 8.84. The largest absolute Gasteiger partial charge is 0.378 e. The zero-order chi connectivity index (χ0) is 20.7. The van der Waals surface area contributed by atoms with E-state index >= 15 is 0 Å². The molecule has 2 saturated carbocycles. The van der Waals surface area contributed by atoms with Crippen LogP contribution >= 0.6 is 0 Å². The van der Waals surface area contributed by atoms with Crippen molar-refractivity contribution < 1.29 is 9.53 Å². The Bertz CT molecular complexity index is 666. The number of hydrogen-bond donors (Lipinski definition) is 1. The average molecular weight is 402 g/mol. The predicted octanol–water partition coefficient (Wildman–Crippen LogP) is 3.96. The van der Waals surface area contributed by atoms with Gasteiger partial charge in [-0.1, -0.05) is 31.2 Å². The van der Waals surface area contributed by atoms with Crippen molar-refractivity contribution in [2.45, 2.75) is 75.0 Å². The zero-order valence-corrected chi connectivity index (χ0v) is 18.7. The van der Waals surface area contributed by atoms with Crippen molar-refractivity contribution in [3.05, 3.63) is 24.3 Å². The Morgan fingerprint density at radius 3 is 2.38 bits per heavy atom. The van der Waals surface area contributed by atoms with Gasteiger partial charge in [-0.3, -0.25) is 0 Å². The molecule has 0 aromatic carbocycles. The molecule has 0 bridgehead atoms. The number of amides is 2. The summed E-state index contributed by atoms with van der Waals surface area (Å²) < 4.78 is 5.82. The van der Waals surface area contributed by atoms with Gasteiger partial charge in [-0.15, -0.1) is 0 Å². The standard InChI is InChI=1S/C24H39N3O2/c1-19-8-5-6-9-20(19)24(26(2)3)14-12-22(13-15-24)18-25-21(28)27(22)17-16-23(29-4)10-7-11-23/h5-6,8-9,19-20H,7,10-18H2,1-4H3,(H,25,28)/t19?,20?,22-,24+. The van der Waals surface area contributed by atoms with Crippen LogP contribution in [0.15, 0.2) is 24.3 Å². The molecule has 162 valence electrons. The highest BCUT2D eigenvalue weighted by molar-refractivity contribution is 5.78. The molecule has 1 heterocycles. The highest BCUT2D eigenvalue weighted by Crippen LogP contribution is 2.49. The lowest BCUT2D eigenvalue weighted by molar-refractivity contribution is -0.0850. The van der Waals surface area contributed by atoms with E-state index in [4.69, 9.17) is 4.74 Å². The van der Waals surface area contributed by atoms with E-state index in [0.717, 1.165) is 58.0 Å². The Balaban J connectivity index is 1.49. The minimum Gasteiger partial charge on any atom is -0.378 e. The molecule has 2 amide bonds. The number of allylic oxidation sites excluding steroid dienone is 3. The molecule has 2 unspecified atom stereocenters. The van der Waals surface area contributed by atoms with Crippen molar-refractivity contribution in [1.29, 1.82) is 0 Å². The molecule has 4 aliphatic rings. The maximum Gasteiger partial charge on any atom is 0.318 e. The first-order valence-corrected chi connectivity index (χ1v) is 11.5.